The molecule has 0 amide bonds. The van der Waals surface area contributed by atoms with E-state index in [1.54, 1.807) is 18.2 Å². The van der Waals surface area contributed by atoms with E-state index in [4.69, 9.17) is 16.3 Å². The zero-order chi connectivity index (χ0) is 13.0. The normalized spacial score (nSPS) is 10.1. The first-order chi connectivity index (χ1) is 8.69. The maximum atomic E-state index is 10.6. The molecule has 92 valence electrons. The molecule has 0 aliphatic carbocycles. The fourth-order valence-corrected chi connectivity index (χ4v) is 1.96. The molecule has 18 heavy (non-hydrogen) atoms. The van der Waals surface area contributed by atoms with Gasteiger partial charge in [0.1, 0.15) is 18.6 Å². The van der Waals surface area contributed by atoms with Gasteiger partial charge in [-0.25, -0.2) is 0 Å². The molecule has 2 aromatic carbocycles. The third kappa shape index (κ3) is 3.34. The first-order valence-electron chi connectivity index (χ1n) is 5.31. The van der Waals surface area contributed by atoms with Crippen LogP contribution in [0.4, 0.5) is 0 Å². The van der Waals surface area contributed by atoms with E-state index >= 15 is 0 Å². The van der Waals surface area contributed by atoms with E-state index in [1.165, 1.54) is 0 Å². The zero-order valence-electron chi connectivity index (χ0n) is 9.40. The molecule has 2 aromatic rings. The third-order valence-corrected chi connectivity index (χ3v) is 3.22. The lowest BCUT2D eigenvalue weighted by molar-refractivity contribution is 0.112. The lowest BCUT2D eigenvalue weighted by Crippen LogP contribution is -1.96. The van der Waals surface area contributed by atoms with Crippen molar-refractivity contribution in [3.8, 4) is 5.75 Å². The molecule has 0 saturated heterocycles. The number of rotatable bonds is 4. The van der Waals surface area contributed by atoms with E-state index in [-0.39, 0.29) is 0 Å². The standard InChI is InChI=1S/C14H10BrClO2/c15-12-4-1-10(2-5-12)9-18-14-6-3-11(8-17)7-13(14)16/h1-8H,9H2. The molecular formula is C14H10BrClO2. The summed E-state index contributed by atoms with van der Waals surface area (Å²) >= 11 is 9.38. The highest BCUT2D eigenvalue weighted by molar-refractivity contribution is 9.10. The van der Waals surface area contributed by atoms with Gasteiger partial charge >= 0.3 is 0 Å². The highest BCUT2D eigenvalue weighted by Gasteiger charge is 2.03. The predicted molar refractivity (Wildman–Crippen MR) is 75.3 cm³/mol. The van der Waals surface area contributed by atoms with Crippen molar-refractivity contribution in [2.24, 2.45) is 0 Å². The lowest BCUT2D eigenvalue weighted by atomic mass is 10.2. The highest BCUT2D eigenvalue weighted by Crippen LogP contribution is 2.25. The molecule has 0 unspecified atom stereocenters. The molecule has 2 rings (SSSR count). The largest absolute Gasteiger partial charge is 0.487 e. The Hall–Kier alpha value is -1.32. The van der Waals surface area contributed by atoms with Crippen LogP contribution in [0.5, 0.6) is 5.75 Å². The van der Waals surface area contributed by atoms with E-state index in [9.17, 15) is 4.79 Å². The second-order valence-corrected chi connectivity index (χ2v) is 5.05. The first-order valence-corrected chi connectivity index (χ1v) is 6.48. The summed E-state index contributed by atoms with van der Waals surface area (Å²) in [6, 6.07) is 12.8. The number of hydrogen-bond donors (Lipinski definition) is 0. The highest BCUT2D eigenvalue weighted by atomic mass is 79.9. The van der Waals surface area contributed by atoms with Gasteiger partial charge in [0.15, 0.2) is 0 Å². The lowest BCUT2D eigenvalue weighted by Gasteiger charge is -2.08. The molecule has 0 fully saturated rings. The summed E-state index contributed by atoms with van der Waals surface area (Å²) in [4.78, 5) is 10.6. The van der Waals surface area contributed by atoms with Crippen molar-refractivity contribution in [3.05, 3.63) is 63.1 Å². The fourth-order valence-electron chi connectivity index (χ4n) is 1.45. The Bertz CT molecular complexity index is 552. The minimum Gasteiger partial charge on any atom is -0.487 e. The monoisotopic (exact) mass is 324 g/mol. The average Bonchev–Trinajstić information content (AvgIpc) is 2.39. The Balaban J connectivity index is 2.06. The molecule has 0 spiro atoms. The van der Waals surface area contributed by atoms with Gasteiger partial charge in [-0.3, -0.25) is 4.79 Å². The number of aldehydes is 1. The molecule has 2 nitrogen and oxygen atoms in total. The summed E-state index contributed by atoms with van der Waals surface area (Å²) in [5.74, 6) is 0.574. The van der Waals surface area contributed by atoms with Crippen molar-refractivity contribution in [3.63, 3.8) is 0 Å². The van der Waals surface area contributed by atoms with Crippen LogP contribution in [0.1, 0.15) is 15.9 Å². The predicted octanol–water partition coefficient (Wildman–Crippen LogP) is 4.49. The Kier molecular flexibility index (Phi) is 4.39. The molecule has 0 radical (unpaired) electrons. The van der Waals surface area contributed by atoms with Crippen molar-refractivity contribution in [2.45, 2.75) is 6.61 Å². The van der Waals surface area contributed by atoms with E-state index in [0.717, 1.165) is 16.3 Å². The maximum absolute atomic E-state index is 10.6. The second-order valence-electron chi connectivity index (χ2n) is 3.72. The van der Waals surface area contributed by atoms with Crippen LogP contribution in [0.15, 0.2) is 46.9 Å². The summed E-state index contributed by atoms with van der Waals surface area (Å²) in [6.45, 7) is 0.438. The number of hydrogen-bond acceptors (Lipinski definition) is 2. The fraction of sp³-hybridized carbons (Fsp3) is 0.0714. The smallest absolute Gasteiger partial charge is 0.150 e. The van der Waals surface area contributed by atoms with Gasteiger partial charge in [-0.1, -0.05) is 39.7 Å². The minimum absolute atomic E-state index is 0.438. The Morgan fingerprint density at radius 3 is 2.50 bits per heavy atom. The maximum Gasteiger partial charge on any atom is 0.150 e. The summed E-state index contributed by atoms with van der Waals surface area (Å²) in [5, 5.41) is 0.441. The van der Waals surface area contributed by atoms with Gasteiger partial charge in [0, 0.05) is 10.0 Å². The topological polar surface area (TPSA) is 26.3 Å². The van der Waals surface area contributed by atoms with E-state index in [1.807, 2.05) is 24.3 Å². The molecule has 4 heteroatoms. The van der Waals surface area contributed by atoms with Gasteiger partial charge in [0.25, 0.3) is 0 Å². The molecule has 0 atom stereocenters. The van der Waals surface area contributed by atoms with Crippen LogP contribution in [-0.2, 0) is 6.61 Å². The second kappa shape index (κ2) is 6.03. The summed E-state index contributed by atoms with van der Waals surface area (Å²) < 4.78 is 6.63. The van der Waals surface area contributed by atoms with E-state index < -0.39 is 0 Å². The molecule has 0 N–H and O–H groups in total. The van der Waals surface area contributed by atoms with Gasteiger partial charge < -0.3 is 4.74 Å². The van der Waals surface area contributed by atoms with Crippen LogP contribution >= 0.6 is 27.5 Å². The van der Waals surface area contributed by atoms with Crippen LogP contribution in [-0.4, -0.2) is 6.29 Å². The van der Waals surface area contributed by atoms with Crippen LogP contribution in [0, 0.1) is 0 Å². The van der Waals surface area contributed by atoms with Gasteiger partial charge in [0.2, 0.25) is 0 Å². The summed E-state index contributed by atoms with van der Waals surface area (Å²) in [7, 11) is 0. The number of carbonyl (C=O) groups is 1. The Labute approximate surface area is 119 Å². The summed E-state index contributed by atoms with van der Waals surface area (Å²) in [5.41, 5.74) is 1.59. The van der Waals surface area contributed by atoms with Gasteiger partial charge in [-0.15, -0.1) is 0 Å². The zero-order valence-corrected chi connectivity index (χ0v) is 11.7. The van der Waals surface area contributed by atoms with Gasteiger partial charge in [-0.05, 0) is 35.9 Å². The van der Waals surface area contributed by atoms with Crippen molar-refractivity contribution < 1.29 is 9.53 Å². The average molecular weight is 326 g/mol. The quantitative estimate of drug-likeness (QED) is 0.774. The molecular weight excluding hydrogens is 316 g/mol. The SMILES string of the molecule is O=Cc1ccc(OCc2ccc(Br)cc2)c(Cl)c1. The molecule has 0 aromatic heterocycles. The van der Waals surface area contributed by atoms with Crippen molar-refractivity contribution in [1.82, 2.24) is 0 Å². The molecule has 0 aliphatic rings. The van der Waals surface area contributed by atoms with Crippen LogP contribution in [0.3, 0.4) is 0 Å². The third-order valence-electron chi connectivity index (χ3n) is 2.40. The van der Waals surface area contributed by atoms with Gasteiger partial charge in [0.05, 0.1) is 5.02 Å². The van der Waals surface area contributed by atoms with Crippen molar-refractivity contribution in [1.29, 1.82) is 0 Å². The van der Waals surface area contributed by atoms with Gasteiger partial charge in [-0.2, -0.15) is 0 Å². The Morgan fingerprint density at radius 2 is 1.89 bits per heavy atom. The van der Waals surface area contributed by atoms with Crippen LogP contribution < -0.4 is 4.74 Å². The van der Waals surface area contributed by atoms with Crippen LogP contribution in [0.25, 0.3) is 0 Å². The van der Waals surface area contributed by atoms with E-state index in [0.29, 0.717) is 22.9 Å². The van der Waals surface area contributed by atoms with Crippen LogP contribution in [0.2, 0.25) is 5.02 Å². The number of benzene rings is 2. The minimum atomic E-state index is 0.438. The van der Waals surface area contributed by atoms with E-state index in [2.05, 4.69) is 15.9 Å². The van der Waals surface area contributed by atoms with Crippen molar-refractivity contribution in [2.75, 3.05) is 0 Å². The number of carbonyl (C=O) groups excluding carboxylic acids is 1. The van der Waals surface area contributed by atoms with Crippen molar-refractivity contribution >= 4 is 33.8 Å². The number of ether oxygens (including phenoxy) is 1. The first kappa shape index (κ1) is 13.1. The number of halogens is 2. The molecule has 0 heterocycles. The Morgan fingerprint density at radius 1 is 1.17 bits per heavy atom. The molecule has 0 saturated carbocycles. The summed E-state index contributed by atoms with van der Waals surface area (Å²) in [6.07, 6.45) is 0.754. The molecule has 0 bridgehead atoms. The molecule has 0 aliphatic heterocycles.